The molecule has 3 aromatic rings. The Hall–Kier alpha value is -3.22. The Morgan fingerprint density at radius 2 is 1.93 bits per heavy atom. The molecular formula is C20H21N3O4. The van der Waals surface area contributed by atoms with Gasteiger partial charge in [0.2, 0.25) is 0 Å². The van der Waals surface area contributed by atoms with Crippen LogP contribution in [-0.2, 0) is 22.4 Å². The number of hydrogen-bond acceptors (Lipinski definition) is 5. The summed E-state index contributed by atoms with van der Waals surface area (Å²) in [5.74, 6) is 0.647. The molecule has 0 N–H and O–H groups in total. The van der Waals surface area contributed by atoms with Gasteiger partial charge in [-0.15, -0.1) is 0 Å². The molecule has 0 radical (unpaired) electrons. The number of nitrogens with zero attached hydrogens (tertiary/aromatic N) is 3. The maximum Gasteiger partial charge on any atom is 0.305 e. The van der Waals surface area contributed by atoms with E-state index in [0.29, 0.717) is 31.4 Å². The minimum atomic E-state index is -0.412. The normalized spacial score (nSPS) is 10.9. The molecule has 0 aliphatic heterocycles. The first-order valence-corrected chi connectivity index (χ1v) is 8.94. The molecule has 0 atom stereocenters. The van der Waals surface area contributed by atoms with E-state index in [2.05, 4.69) is 4.98 Å². The Morgan fingerprint density at radius 3 is 2.56 bits per heavy atom. The number of fused-ring (bicyclic) bond motifs is 1. The van der Waals surface area contributed by atoms with Gasteiger partial charge in [-0.25, -0.2) is 4.98 Å². The maximum absolute atomic E-state index is 11.2. The van der Waals surface area contributed by atoms with E-state index >= 15 is 0 Å². The highest BCUT2D eigenvalue weighted by molar-refractivity contribution is 5.80. The second-order valence-electron chi connectivity index (χ2n) is 6.14. The van der Waals surface area contributed by atoms with Crippen molar-refractivity contribution in [1.29, 1.82) is 0 Å². The van der Waals surface area contributed by atoms with Gasteiger partial charge < -0.3 is 4.74 Å². The van der Waals surface area contributed by atoms with E-state index in [1.807, 2.05) is 35.8 Å². The number of non-ortho nitro benzene ring substituents is 1. The SMILES string of the molecule is CCC(=O)OCCc1ccc(-n2c(CC)nc3cc([N+](=O)[O-])ccc32)cc1. The maximum atomic E-state index is 11.2. The number of ether oxygens (including phenoxy) is 1. The number of aryl methyl sites for hydroxylation is 1. The number of aromatic nitrogens is 2. The monoisotopic (exact) mass is 367 g/mol. The van der Waals surface area contributed by atoms with Gasteiger partial charge >= 0.3 is 5.97 Å². The van der Waals surface area contributed by atoms with Crippen molar-refractivity contribution in [2.75, 3.05) is 6.61 Å². The molecule has 7 nitrogen and oxygen atoms in total. The third kappa shape index (κ3) is 3.97. The molecule has 0 unspecified atom stereocenters. The summed E-state index contributed by atoms with van der Waals surface area (Å²) in [6.45, 7) is 4.14. The van der Waals surface area contributed by atoms with Gasteiger partial charge in [-0.05, 0) is 23.8 Å². The molecule has 0 aliphatic carbocycles. The van der Waals surface area contributed by atoms with Crippen LogP contribution in [0, 0.1) is 10.1 Å². The van der Waals surface area contributed by atoms with E-state index in [4.69, 9.17) is 4.74 Å². The number of hydrogen-bond donors (Lipinski definition) is 0. The fourth-order valence-electron chi connectivity index (χ4n) is 2.95. The average Bonchev–Trinajstić information content (AvgIpc) is 3.06. The lowest BCUT2D eigenvalue weighted by atomic mass is 10.1. The lowest BCUT2D eigenvalue weighted by Gasteiger charge is -2.10. The van der Waals surface area contributed by atoms with Crippen LogP contribution in [0.2, 0.25) is 0 Å². The fraction of sp³-hybridized carbons (Fsp3) is 0.300. The van der Waals surface area contributed by atoms with E-state index in [1.165, 1.54) is 12.1 Å². The molecule has 140 valence electrons. The third-order valence-electron chi connectivity index (χ3n) is 4.37. The predicted molar refractivity (Wildman–Crippen MR) is 102 cm³/mol. The summed E-state index contributed by atoms with van der Waals surface area (Å²) in [4.78, 5) is 26.3. The van der Waals surface area contributed by atoms with Crippen LogP contribution < -0.4 is 0 Å². The molecule has 0 aliphatic rings. The summed E-state index contributed by atoms with van der Waals surface area (Å²) in [5, 5.41) is 11.0. The highest BCUT2D eigenvalue weighted by Crippen LogP contribution is 2.25. The van der Waals surface area contributed by atoms with E-state index in [1.54, 1.807) is 13.0 Å². The van der Waals surface area contributed by atoms with Crippen LogP contribution in [0.15, 0.2) is 42.5 Å². The van der Waals surface area contributed by atoms with Crippen LogP contribution in [0.5, 0.6) is 0 Å². The first kappa shape index (κ1) is 18.6. The highest BCUT2D eigenvalue weighted by atomic mass is 16.6. The number of imidazole rings is 1. The smallest absolute Gasteiger partial charge is 0.305 e. The van der Waals surface area contributed by atoms with Gasteiger partial charge in [-0.1, -0.05) is 26.0 Å². The molecular weight excluding hydrogens is 346 g/mol. The number of esters is 1. The molecule has 1 heterocycles. The molecule has 0 saturated carbocycles. The van der Waals surface area contributed by atoms with Crippen molar-refractivity contribution >= 4 is 22.7 Å². The fourth-order valence-corrected chi connectivity index (χ4v) is 2.95. The topological polar surface area (TPSA) is 87.3 Å². The molecule has 2 aromatic carbocycles. The minimum absolute atomic E-state index is 0.0341. The van der Waals surface area contributed by atoms with Gasteiger partial charge in [0.15, 0.2) is 0 Å². The van der Waals surface area contributed by atoms with Gasteiger partial charge in [0, 0.05) is 37.1 Å². The molecule has 0 fully saturated rings. The van der Waals surface area contributed by atoms with Crippen LogP contribution in [-0.4, -0.2) is 27.1 Å². The number of nitro benzene ring substituents is 1. The largest absolute Gasteiger partial charge is 0.465 e. The van der Waals surface area contributed by atoms with Crippen molar-refractivity contribution < 1.29 is 14.5 Å². The zero-order chi connectivity index (χ0) is 19.4. The molecule has 7 heteroatoms. The highest BCUT2D eigenvalue weighted by Gasteiger charge is 2.15. The van der Waals surface area contributed by atoms with E-state index in [0.717, 1.165) is 22.6 Å². The van der Waals surface area contributed by atoms with E-state index < -0.39 is 4.92 Å². The second kappa shape index (κ2) is 7.99. The zero-order valence-electron chi connectivity index (χ0n) is 15.3. The number of carbonyl (C=O) groups excluding carboxylic acids is 1. The molecule has 1 aromatic heterocycles. The van der Waals surface area contributed by atoms with Gasteiger partial charge in [-0.2, -0.15) is 0 Å². The Labute approximate surface area is 156 Å². The summed E-state index contributed by atoms with van der Waals surface area (Å²) < 4.78 is 7.13. The quantitative estimate of drug-likeness (QED) is 0.358. The number of rotatable bonds is 7. The van der Waals surface area contributed by atoms with E-state index in [-0.39, 0.29) is 11.7 Å². The van der Waals surface area contributed by atoms with E-state index in [9.17, 15) is 14.9 Å². The molecule has 0 bridgehead atoms. The summed E-state index contributed by atoms with van der Waals surface area (Å²) >= 11 is 0. The molecule has 0 saturated heterocycles. The average molecular weight is 367 g/mol. The number of carbonyl (C=O) groups is 1. The van der Waals surface area contributed by atoms with Gasteiger partial charge in [-0.3, -0.25) is 19.5 Å². The van der Waals surface area contributed by atoms with Crippen molar-refractivity contribution in [1.82, 2.24) is 9.55 Å². The number of nitro groups is 1. The van der Waals surface area contributed by atoms with Gasteiger partial charge in [0.1, 0.15) is 5.82 Å². The van der Waals surface area contributed by atoms with Crippen molar-refractivity contribution in [2.24, 2.45) is 0 Å². The van der Waals surface area contributed by atoms with Gasteiger partial charge in [0.25, 0.3) is 5.69 Å². The molecule has 3 rings (SSSR count). The summed E-state index contributed by atoms with van der Waals surface area (Å²) in [7, 11) is 0. The van der Waals surface area contributed by atoms with Crippen LogP contribution in [0.1, 0.15) is 31.7 Å². The van der Waals surface area contributed by atoms with Crippen LogP contribution >= 0.6 is 0 Å². The van der Waals surface area contributed by atoms with Crippen molar-refractivity contribution in [3.05, 3.63) is 64.0 Å². The summed E-state index contributed by atoms with van der Waals surface area (Å²) in [6, 6.07) is 12.7. The van der Waals surface area contributed by atoms with Crippen LogP contribution in [0.3, 0.4) is 0 Å². The number of benzene rings is 2. The first-order valence-electron chi connectivity index (χ1n) is 8.94. The van der Waals surface area contributed by atoms with Gasteiger partial charge in [0.05, 0.1) is 22.6 Å². The van der Waals surface area contributed by atoms with Crippen molar-refractivity contribution in [2.45, 2.75) is 33.1 Å². The molecule has 0 spiro atoms. The lowest BCUT2D eigenvalue weighted by molar-refractivity contribution is -0.384. The van der Waals surface area contributed by atoms with Crippen molar-refractivity contribution in [3.8, 4) is 5.69 Å². The third-order valence-corrected chi connectivity index (χ3v) is 4.37. The Morgan fingerprint density at radius 1 is 1.19 bits per heavy atom. The second-order valence-corrected chi connectivity index (χ2v) is 6.14. The van der Waals surface area contributed by atoms with Crippen LogP contribution in [0.4, 0.5) is 5.69 Å². The Balaban J connectivity index is 1.88. The predicted octanol–water partition coefficient (Wildman–Crippen LogP) is 3.99. The first-order chi connectivity index (χ1) is 13.0. The lowest BCUT2D eigenvalue weighted by Crippen LogP contribution is -2.06. The Kier molecular flexibility index (Phi) is 5.49. The summed E-state index contributed by atoms with van der Waals surface area (Å²) in [5.41, 5.74) is 3.49. The van der Waals surface area contributed by atoms with Crippen molar-refractivity contribution in [3.63, 3.8) is 0 Å². The Bertz CT molecular complexity index is 977. The minimum Gasteiger partial charge on any atom is -0.465 e. The zero-order valence-corrected chi connectivity index (χ0v) is 15.3. The molecule has 27 heavy (non-hydrogen) atoms. The standard InChI is InChI=1S/C20H21N3O4/c1-3-19-21-17-13-16(23(25)26)9-10-18(17)22(19)15-7-5-14(6-8-15)11-12-27-20(24)4-2/h5-10,13H,3-4,11-12H2,1-2H3. The van der Waals surface area contributed by atoms with Crippen LogP contribution in [0.25, 0.3) is 16.7 Å². The molecule has 0 amide bonds. The summed E-state index contributed by atoms with van der Waals surface area (Å²) in [6.07, 6.45) is 1.74.